The number of benzene rings is 1. The molecule has 1 heteroatoms. The Morgan fingerprint density at radius 1 is 1.33 bits per heavy atom. The Kier molecular flexibility index (Phi) is 3.68. The van der Waals surface area contributed by atoms with Crippen LogP contribution in [0.5, 0.6) is 0 Å². The lowest BCUT2D eigenvalue weighted by Crippen LogP contribution is -1.90. The second kappa shape index (κ2) is 4.79. The molecule has 0 aliphatic rings. The zero-order valence-electron chi connectivity index (χ0n) is 9.83. The molecule has 0 radical (unpaired) electrons. The van der Waals surface area contributed by atoms with Gasteiger partial charge in [-0.25, -0.2) is 0 Å². The summed E-state index contributed by atoms with van der Waals surface area (Å²) in [5.41, 5.74) is 4.24. The van der Waals surface area contributed by atoms with E-state index in [1.807, 2.05) is 25.1 Å². The third kappa shape index (κ3) is 2.95. The molecule has 1 rings (SSSR count). The van der Waals surface area contributed by atoms with Crippen molar-refractivity contribution in [2.75, 3.05) is 0 Å². The van der Waals surface area contributed by atoms with E-state index in [9.17, 15) is 0 Å². The lowest BCUT2D eigenvalue weighted by atomic mass is 9.97. The van der Waals surface area contributed by atoms with Gasteiger partial charge in [0.25, 0.3) is 0 Å². The second-order valence-corrected chi connectivity index (χ2v) is 4.25. The molecule has 0 aromatic heterocycles. The smallest absolute Gasteiger partial charge is 0.0994 e. The van der Waals surface area contributed by atoms with Crippen LogP contribution in [0.4, 0.5) is 0 Å². The SMILES string of the molecule is Cc1ccc(/C(C#N)=C/C(C)C)c(C)c1. The number of nitriles is 1. The molecular weight excluding hydrogens is 182 g/mol. The second-order valence-electron chi connectivity index (χ2n) is 4.25. The van der Waals surface area contributed by atoms with Crippen molar-refractivity contribution < 1.29 is 0 Å². The maximum absolute atomic E-state index is 9.10. The minimum absolute atomic E-state index is 0.403. The van der Waals surface area contributed by atoms with Gasteiger partial charge in [-0.15, -0.1) is 0 Å². The monoisotopic (exact) mass is 199 g/mol. The van der Waals surface area contributed by atoms with Gasteiger partial charge in [-0.05, 0) is 30.9 Å². The van der Waals surface area contributed by atoms with Gasteiger partial charge in [0.1, 0.15) is 0 Å². The molecule has 1 aromatic rings. The van der Waals surface area contributed by atoms with Gasteiger partial charge in [0, 0.05) is 0 Å². The van der Waals surface area contributed by atoms with E-state index < -0.39 is 0 Å². The average Bonchev–Trinajstić information content (AvgIpc) is 2.14. The standard InChI is InChI=1S/C14H17N/c1-10(2)7-13(9-15)14-6-5-11(3)8-12(14)4/h5-8,10H,1-4H3/b13-7+. The average molecular weight is 199 g/mol. The van der Waals surface area contributed by atoms with Crippen LogP contribution in [-0.4, -0.2) is 0 Å². The first-order chi connectivity index (χ1) is 7.04. The molecule has 0 saturated heterocycles. The third-order valence-corrected chi connectivity index (χ3v) is 2.29. The van der Waals surface area contributed by atoms with Crippen LogP contribution in [0.3, 0.4) is 0 Å². The van der Waals surface area contributed by atoms with Crippen LogP contribution in [0.1, 0.15) is 30.5 Å². The summed E-state index contributed by atoms with van der Waals surface area (Å²) < 4.78 is 0. The van der Waals surface area contributed by atoms with Crippen molar-refractivity contribution in [1.29, 1.82) is 5.26 Å². The minimum Gasteiger partial charge on any atom is -0.192 e. The van der Waals surface area contributed by atoms with Crippen molar-refractivity contribution in [2.24, 2.45) is 5.92 Å². The van der Waals surface area contributed by atoms with Crippen molar-refractivity contribution >= 4 is 5.57 Å². The highest BCUT2D eigenvalue weighted by Crippen LogP contribution is 2.20. The Morgan fingerprint density at radius 2 is 2.00 bits per heavy atom. The predicted molar refractivity (Wildman–Crippen MR) is 64.3 cm³/mol. The van der Waals surface area contributed by atoms with Crippen molar-refractivity contribution in [3.05, 3.63) is 41.0 Å². The summed E-state index contributed by atoms with van der Waals surface area (Å²) in [6.45, 7) is 8.28. The van der Waals surface area contributed by atoms with Gasteiger partial charge in [-0.1, -0.05) is 43.7 Å². The van der Waals surface area contributed by atoms with E-state index in [1.54, 1.807) is 0 Å². The first-order valence-corrected chi connectivity index (χ1v) is 5.24. The molecule has 0 saturated carbocycles. The summed E-state index contributed by atoms with van der Waals surface area (Å²) in [6, 6.07) is 8.46. The van der Waals surface area contributed by atoms with Crippen LogP contribution in [0.25, 0.3) is 5.57 Å². The van der Waals surface area contributed by atoms with E-state index in [0.717, 1.165) is 11.1 Å². The highest BCUT2D eigenvalue weighted by atomic mass is 14.3. The molecule has 0 aliphatic heterocycles. The molecule has 0 unspecified atom stereocenters. The topological polar surface area (TPSA) is 23.8 Å². The van der Waals surface area contributed by atoms with Crippen molar-refractivity contribution in [2.45, 2.75) is 27.7 Å². The van der Waals surface area contributed by atoms with Crippen molar-refractivity contribution in [3.8, 4) is 6.07 Å². The molecule has 0 spiro atoms. The third-order valence-electron chi connectivity index (χ3n) is 2.29. The minimum atomic E-state index is 0.403. The molecule has 0 N–H and O–H groups in total. The zero-order chi connectivity index (χ0) is 11.4. The fourth-order valence-corrected chi connectivity index (χ4v) is 1.64. The zero-order valence-corrected chi connectivity index (χ0v) is 9.83. The highest BCUT2D eigenvalue weighted by Gasteiger charge is 2.04. The Bertz CT molecular complexity index is 419. The molecule has 0 amide bonds. The fraction of sp³-hybridized carbons (Fsp3) is 0.357. The predicted octanol–water partition coefficient (Wildman–Crippen LogP) is 3.87. The van der Waals surface area contributed by atoms with E-state index in [2.05, 4.69) is 32.9 Å². The van der Waals surface area contributed by atoms with Crippen LogP contribution >= 0.6 is 0 Å². The van der Waals surface area contributed by atoms with Gasteiger partial charge in [0.2, 0.25) is 0 Å². The number of rotatable bonds is 2. The first-order valence-electron chi connectivity index (χ1n) is 5.24. The summed E-state index contributed by atoms with van der Waals surface area (Å²) in [5.74, 6) is 0.403. The summed E-state index contributed by atoms with van der Waals surface area (Å²) in [4.78, 5) is 0. The van der Waals surface area contributed by atoms with Gasteiger partial charge >= 0.3 is 0 Å². The Hall–Kier alpha value is -1.55. The summed E-state index contributed by atoms with van der Waals surface area (Å²) in [6.07, 6.45) is 2.01. The number of allylic oxidation sites excluding steroid dienone is 2. The van der Waals surface area contributed by atoms with Gasteiger partial charge < -0.3 is 0 Å². The number of hydrogen-bond acceptors (Lipinski definition) is 1. The first kappa shape index (κ1) is 11.5. The molecule has 0 heterocycles. The van der Waals surface area contributed by atoms with Crippen LogP contribution in [-0.2, 0) is 0 Å². The molecular formula is C14H17N. The van der Waals surface area contributed by atoms with Gasteiger partial charge in [-0.3, -0.25) is 0 Å². The van der Waals surface area contributed by atoms with Gasteiger partial charge in [0.05, 0.1) is 11.6 Å². The summed E-state index contributed by atoms with van der Waals surface area (Å²) in [7, 11) is 0. The van der Waals surface area contributed by atoms with Crippen LogP contribution in [0, 0.1) is 31.1 Å². The van der Waals surface area contributed by atoms with E-state index in [4.69, 9.17) is 5.26 Å². The number of hydrogen-bond donors (Lipinski definition) is 0. The normalized spacial score (nSPS) is 11.6. The molecule has 0 fully saturated rings. The Labute approximate surface area is 92.1 Å². The lowest BCUT2D eigenvalue weighted by molar-refractivity contribution is 0.834. The quantitative estimate of drug-likeness (QED) is 0.663. The van der Waals surface area contributed by atoms with E-state index in [-0.39, 0.29) is 0 Å². The Morgan fingerprint density at radius 3 is 2.47 bits per heavy atom. The van der Waals surface area contributed by atoms with E-state index in [1.165, 1.54) is 11.1 Å². The lowest BCUT2D eigenvalue weighted by Gasteiger charge is -2.06. The van der Waals surface area contributed by atoms with Crippen LogP contribution < -0.4 is 0 Å². The maximum Gasteiger partial charge on any atom is 0.0994 e. The number of nitrogens with zero attached hydrogens (tertiary/aromatic N) is 1. The van der Waals surface area contributed by atoms with Crippen LogP contribution in [0.15, 0.2) is 24.3 Å². The van der Waals surface area contributed by atoms with Gasteiger partial charge in [-0.2, -0.15) is 5.26 Å². The van der Waals surface area contributed by atoms with E-state index in [0.29, 0.717) is 5.92 Å². The molecule has 78 valence electrons. The molecule has 0 aliphatic carbocycles. The van der Waals surface area contributed by atoms with Crippen molar-refractivity contribution in [1.82, 2.24) is 0 Å². The summed E-state index contributed by atoms with van der Waals surface area (Å²) >= 11 is 0. The molecule has 1 aromatic carbocycles. The van der Waals surface area contributed by atoms with Gasteiger partial charge in [0.15, 0.2) is 0 Å². The fourth-order valence-electron chi connectivity index (χ4n) is 1.64. The number of aryl methyl sites for hydroxylation is 2. The molecule has 0 atom stereocenters. The maximum atomic E-state index is 9.10. The molecule has 1 nitrogen and oxygen atoms in total. The molecule has 15 heavy (non-hydrogen) atoms. The van der Waals surface area contributed by atoms with E-state index >= 15 is 0 Å². The largest absolute Gasteiger partial charge is 0.192 e. The Balaban J connectivity index is 3.21. The van der Waals surface area contributed by atoms with Crippen LogP contribution in [0.2, 0.25) is 0 Å². The summed E-state index contributed by atoms with van der Waals surface area (Å²) in [5, 5.41) is 9.10. The van der Waals surface area contributed by atoms with Crippen molar-refractivity contribution in [3.63, 3.8) is 0 Å². The highest BCUT2D eigenvalue weighted by molar-refractivity contribution is 5.78. The molecule has 0 bridgehead atoms.